The van der Waals surface area contributed by atoms with E-state index in [1.54, 1.807) is 42.5 Å². The molecule has 0 fully saturated rings. The molecule has 0 aromatic heterocycles. The number of nitrogens with one attached hydrogen (secondary N) is 2. The number of sulfonamides is 1. The number of hydrogen-bond donors (Lipinski definition) is 3. The lowest BCUT2D eigenvalue weighted by atomic mass is 10.2. The Balaban J connectivity index is 2.19. The lowest BCUT2D eigenvalue weighted by molar-refractivity contribution is -0.124. The normalized spacial score (nSPS) is 10.7. The molecule has 0 saturated carbocycles. The Kier molecular flexibility index (Phi) is 5.73. The fourth-order valence-electron chi connectivity index (χ4n) is 1.74. The summed E-state index contributed by atoms with van der Waals surface area (Å²) in [6.07, 6.45) is 2.29. The van der Waals surface area contributed by atoms with Gasteiger partial charge in [-0.25, -0.2) is 13.9 Å². The Morgan fingerprint density at radius 2 is 1.83 bits per heavy atom. The molecule has 0 heterocycles. The number of allylic oxidation sites excluding steroid dienone is 1. The molecule has 0 aliphatic rings. The standard InChI is InChI=1S/C17H14N2O4S/c20-17(18-21)12-5-4-7-14-8-6-11-16(13-14)24(22,23)19-15-9-2-1-3-10-15/h1-3,5-6,8-13,19,21H,(H,18,20)/b12-5+. The van der Waals surface area contributed by atoms with Crippen LogP contribution in [0.1, 0.15) is 5.56 Å². The van der Waals surface area contributed by atoms with Gasteiger partial charge in [0.2, 0.25) is 0 Å². The zero-order valence-electron chi connectivity index (χ0n) is 12.4. The summed E-state index contributed by atoms with van der Waals surface area (Å²) >= 11 is 0. The first kappa shape index (κ1) is 17.3. The highest BCUT2D eigenvalue weighted by molar-refractivity contribution is 7.92. The minimum absolute atomic E-state index is 0.0789. The molecule has 0 unspecified atom stereocenters. The largest absolute Gasteiger partial charge is 0.288 e. The molecule has 0 saturated heterocycles. The van der Waals surface area contributed by atoms with Gasteiger partial charge < -0.3 is 0 Å². The highest BCUT2D eigenvalue weighted by Crippen LogP contribution is 2.16. The van der Waals surface area contributed by atoms with Gasteiger partial charge in [-0.2, -0.15) is 0 Å². The van der Waals surface area contributed by atoms with E-state index < -0.39 is 15.9 Å². The van der Waals surface area contributed by atoms with Crippen molar-refractivity contribution >= 4 is 21.6 Å². The maximum absolute atomic E-state index is 12.4. The van der Waals surface area contributed by atoms with Crippen LogP contribution in [0.3, 0.4) is 0 Å². The predicted molar refractivity (Wildman–Crippen MR) is 89.6 cm³/mol. The zero-order chi connectivity index (χ0) is 17.4. The number of anilines is 1. The van der Waals surface area contributed by atoms with Crippen LogP contribution < -0.4 is 10.2 Å². The smallest absolute Gasteiger partial charge is 0.267 e. The molecule has 7 heteroatoms. The molecule has 2 aromatic rings. The molecule has 0 spiro atoms. The van der Waals surface area contributed by atoms with Gasteiger partial charge in [0.1, 0.15) is 0 Å². The third kappa shape index (κ3) is 4.98. The lowest BCUT2D eigenvalue weighted by Gasteiger charge is -2.08. The Labute approximate surface area is 139 Å². The third-order valence-electron chi connectivity index (χ3n) is 2.82. The van der Waals surface area contributed by atoms with Gasteiger partial charge in [0, 0.05) is 17.3 Å². The second-order valence-electron chi connectivity index (χ2n) is 4.58. The van der Waals surface area contributed by atoms with Crippen LogP contribution in [-0.2, 0) is 14.8 Å². The van der Waals surface area contributed by atoms with Crippen molar-refractivity contribution in [2.24, 2.45) is 0 Å². The van der Waals surface area contributed by atoms with Crippen LogP contribution >= 0.6 is 0 Å². The molecule has 0 bridgehead atoms. The molecule has 6 nitrogen and oxygen atoms in total. The molecule has 2 aromatic carbocycles. The van der Waals surface area contributed by atoms with E-state index in [4.69, 9.17) is 5.21 Å². The van der Waals surface area contributed by atoms with E-state index >= 15 is 0 Å². The maximum Gasteiger partial charge on any atom is 0.267 e. The van der Waals surface area contributed by atoms with Crippen LogP contribution in [0.2, 0.25) is 0 Å². The van der Waals surface area contributed by atoms with Crippen molar-refractivity contribution < 1.29 is 18.4 Å². The van der Waals surface area contributed by atoms with Gasteiger partial charge in [-0.1, -0.05) is 36.1 Å². The fourth-order valence-corrected chi connectivity index (χ4v) is 2.84. The van der Waals surface area contributed by atoms with Crippen LogP contribution in [0.15, 0.2) is 71.6 Å². The van der Waals surface area contributed by atoms with Crippen molar-refractivity contribution in [2.45, 2.75) is 4.90 Å². The predicted octanol–water partition coefficient (Wildman–Crippen LogP) is 1.90. The molecular formula is C17H14N2O4S. The van der Waals surface area contributed by atoms with E-state index in [-0.39, 0.29) is 4.90 Å². The summed E-state index contributed by atoms with van der Waals surface area (Å²) < 4.78 is 27.2. The number of amides is 1. The number of benzene rings is 2. The first-order chi connectivity index (χ1) is 11.5. The molecule has 0 aliphatic carbocycles. The molecule has 122 valence electrons. The lowest BCUT2D eigenvalue weighted by Crippen LogP contribution is -2.14. The van der Waals surface area contributed by atoms with Crippen molar-refractivity contribution in [2.75, 3.05) is 4.72 Å². The average molecular weight is 342 g/mol. The van der Waals surface area contributed by atoms with Crippen LogP contribution in [0.5, 0.6) is 0 Å². The third-order valence-corrected chi connectivity index (χ3v) is 4.19. The molecule has 2 rings (SSSR count). The van der Waals surface area contributed by atoms with Crippen molar-refractivity contribution in [1.29, 1.82) is 0 Å². The molecule has 24 heavy (non-hydrogen) atoms. The minimum Gasteiger partial charge on any atom is -0.288 e. The Bertz CT molecular complexity index is 910. The first-order valence-corrected chi connectivity index (χ1v) is 8.30. The second kappa shape index (κ2) is 7.97. The van der Waals surface area contributed by atoms with Crippen LogP contribution in [0.25, 0.3) is 0 Å². The average Bonchev–Trinajstić information content (AvgIpc) is 2.59. The van der Waals surface area contributed by atoms with Crippen LogP contribution in [0.4, 0.5) is 5.69 Å². The number of hydrogen-bond acceptors (Lipinski definition) is 4. The van der Waals surface area contributed by atoms with Gasteiger partial charge in [-0.05, 0) is 36.4 Å². The summed E-state index contributed by atoms with van der Waals surface area (Å²) in [5.74, 6) is 4.59. The van der Waals surface area contributed by atoms with Crippen molar-refractivity contribution in [3.63, 3.8) is 0 Å². The number of carbonyl (C=O) groups is 1. The summed E-state index contributed by atoms with van der Waals surface area (Å²) in [4.78, 5) is 10.9. The summed E-state index contributed by atoms with van der Waals surface area (Å²) in [6.45, 7) is 0. The van der Waals surface area contributed by atoms with Gasteiger partial charge in [-0.3, -0.25) is 14.7 Å². The van der Waals surface area contributed by atoms with Crippen LogP contribution in [-0.4, -0.2) is 19.5 Å². The molecule has 0 aliphatic heterocycles. The summed E-state index contributed by atoms with van der Waals surface area (Å²) in [7, 11) is -3.72. The van der Waals surface area contributed by atoms with Crippen molar-refractivity contribution in [3.05, 3.63) is 72.3 Å². The quantitative estimate of drug-likeness (QED) is 0.342. The van der Waals surface area contributed by atoms with Crippen molar-refractivity contribution in [1.82, 2.24) is 5.48 Å². The van der Waals surface area contributed by atoms with Gasteiger partial charge >= 0.3 is 0 Å². The van der Waals surface area contributed by atoms with E-state index in [2.05, 4.69) is 16.6 Å². The van der Waals surface area contributed by atoms with Gasteiger partial charge in [0.05, 0.1) is 4.90 Å². The van der Waals surface area contributed by atoms with E-state index in [1.165, 1.54) is 23.7 Å². The summed E-state index contributed by atoms with van der Waals surface area (Å²) in [5.41, 5.74) is 2.37. The molecule has 1 amide bonds. The SMILES string of the molecule is O=C(/C=C/C#Cc1cccc(S(=O)(=O)Nc2ccccc2)c1)NO. The Hall–Kier alpha value is -3.08. The van der Waals surface area contributed by atoms with Crippen molar-refractivity contribution in [3.8, 4) is 11.8 Å². The highest BCUT2D eigenvalue weighted by Gasteiger charge is 2.13. The van der Waals surface area contributed by atoms with E-state index in [1.807, 2.05) is 0 Å². The van der Waals surface area contributed by atoms with E-state index in [0.717, 1.165) is 6.08 Å². The van der Waals surface area contributed by atoms with Gasteiger partial charge in [0.15, 0.2) is 0 Å². The minimum atomic E-state index is -3.72. The summed E-state index contributed by atoms with van der Waals surface area (Å²) in [6, 6.07) is 14.7. The first-order valence-electron chi connectivity index (χ1n) is 6.81. The topological polar surface area (TPSA) is 95.5 Å². The number of hydroxylamine groups is 1. The number of para-hydroxylation sites is 1. The molecule has 3 N–H and O–H groups in total. The van der Waals surface area contributed by atoms with E-state index in [0.29, 0.717) is 11.3 Å². The van der Waals surface area contributed by atoms with Crippen LogP contribution in [0, 0.1) is 11.8 Å². The maximum atomic E-state index is 12.4. The van der Waals surface area contributed by atoms with E-state index in [9.17, 15) is 13.2 Å². The zero-order valence-corrected chi connectivity index (χ0v) is 13.2. The second-order valence-corrected chi connectivity index (χ2v) is 6.26. The summed E-state index contributed by atoms with van der Waals surface area (Å²) in [5, 5.41) is 8.33. The number of carbonyl (C=O) groups excluding carboxylic acids is 1. The molecular weight excluding hydrogens is 328 g/mol. The molecule has 0 radical (unpaired) electrons. The number of rotatable bonds is 4. The van der Waals surface area contributed by atoms with Gasteiger partial charge in [-0.15, -0.1) is 0 Å². The Morgan fingerprint density at radius 3 is 2.54 bits per heavy atom. The van der Waals surface area contributed by atoms with Gasteiger partial charge in [0.25, 0.3) is 15.9 Å². The highest BCUT2D eigenvalue weighted by atomic mass is 32.2. The Morgan fingerprint density at radius 1 is 1.08 bits per heavy atom. The molecule has 0 atom stereocenters. The monoisotopic (exact) mass is 342 g/mol. The fraction of sp³-hybridized carbons (Fsp3) is 0.